The molecule has 7 heteroatoms. The molecule has 0 saturated carbocycles. The lowest BCUT2D eigenvalue weighted by Gasteiger charge is -2.21. The second-order valence-corrected chi connectivity index (χ2v) is 8.88. The fraction of sp³-hybridized carbons (Fsp3) is 0.154. The highest BCUT2D eigenvalue weighted by Gasteiger charge is 2.18. The smallest absolute Gasteiger partial charge is 0.372 e. The Balaban J connectivity index is 1.57. The molecular weight excluding hydrogens is 438 g/mol. The summed E-state index contributed by atoms with van der Waals surface area (Å²) in [5.41, 5.74) is 3.66. The Morgan fingerprint density at radius 3 is 2.30 bits per heavy atom. The second kappa shape index (κ2) is 9.94. The maximum Gasteiger partial charge on any atom is 0.372 e. The van der Waals surface area contributed by atoms with E-state index in [-0.39, 0.29) is 11.3 Å². The summed E-state index contributed by atoms with van der Waals surface area (Å²) in [5.74, 6) is -2.06. The van der Waals surface area contributed by atoms with Gasteiger partial charge in [0.1, 0.15) is 5.58 Å². The third-order valence-corrected chi connectivity index (χ3v) is 6.42. The van der Waals surface area contributed by atoms with Crippen molar-refractivity contribution in [2.24, 2.45) is 0 Å². The first kappa shape index (κ1) is 22.6. The zero-order chi connectivity index (χ0) is 23.4. The van der Waals surface area contributed by atoms with Gasteiger partial charge in [0.2, 0.25) is 5.76 Å². The van der Waals surface area contributed by atoms with Crippen molar-refractivity contribution < 1.29 is 24.2 Å². The van der Waals surface area contributed by atoms with E-state index in [9.17, 15) is 14.7 Å². The van der Waals surface area contributed by atoms with Gasteiger partial charge in [-0.2, -0.15) is 0 Å². The number of carbonyl (C=O) groups is 2. The van der Waals surface area contributed by atoms with Gasteiger partial charge in [-0.25, -0.2) is 13.9 Å². The van der Waals surface area contributed by atoms with Gasteiger partial charge in [0, 0.05) is 28.9 Å². The molecule has 1 heterocycles. The van der Waals surface area contributed by atoms with Crippen molar-refractivity contribution in [2.75, 3.05) is 6.54 Å². The molecule has 6 nitrogen and oxygen atoms in total. The summed E-state index contributed by atoms with van der Waals surface area (Å²) in [5, 5.41) is 19.3. The monoisotopic (exact) mass is 461 g/mol. The van der Waals surface area contributed by atoms with Crippen LogP contribution >= 0.6 is 11.9 Å². The van der Waals surface area contributed by atoms with Gasteiger partial charge < -0.3 is 14.6 Å². The van der Waals surface area contributed by atoms with Crippen molar-refractivity contribution in [3.05, 3.63) is 101 Å². The molecule has 0 bridgehead atoms. The second-order valence-electron chi connectivity index (χ2n) is 7.71. The fourth-order valence-corrected chi connectivity index (χ4v) is 4.62. The van der Waals surface area contributed by atoms with Crippen molar-refractivity contribution in [3.8, 4) is 0 Å². The highest BCUT2D eigenvalue weighted by molar-refractivity contribution is 7.97. The summed E-state index contributed by atoms with van der Waals surface area (Å²) >= 11 is 1.58. The van der Waals surface area contributed by atoms with Crippen LogP contribution in [0, 0.1) is 6.92 Å². The fourth-order valence-electron chi connectivity index (χ4n) is 3.62. The number of carboxylic acids is 2. The minimum absolute atomic E-state index is 0.0356. The molecule has 0 aliphatic heterocycles. The zero-order valence-corrected chi connectivity index (χ0v) is 18.8. The van der Waals surface area contributed by atoms with Crippen molar-refractivity contribution in [1.29, 1.82) is 0 Å². The molecule has 4 aromatic rings. The van der Waals surface area contributed by atoms with Crippen LogP contribution in [0.15, 0.2) is 82.1 Å². The third-order valence-electron chi connectivity index (χ3n) is 5.39. The molecule has 4 rings (SSSR count). The lowest BCUT2D eigenvalue weighted by molar-refractivity contribution is 0.0661. The maximum atomic E-state index is 11.4. The van der Waals surface area contributed by atoms with Crippen LogP contribution in [0.2, 0.25) is 0 Å². The molecule has 0 aliphatic rings. The quantitative estimate of drug-likeness (QED) is 0.300. The van der Waals surface area contributed by atoms with Crippen LogP contribution in [0.3, 0.4) is 0 Å². The number of aromatic carboxylic acids is 2. The largest absolute Gasteiger partial charge is 0.478 e. The Morgan fingerprint density at radius 1 is 0.909 bits per heavy atom. The Morgan fingerprint density at radius 2 is 1.64 bits per heavy atom. The van der Waals surface area contributed by atoms with Crippen LogP contribution in [0.4, 0.5) is 0 Å². The Bertz CT molecular complexity index is 1280. The maximum absolute atomic E-state index is 11.4. The van der Waals surface area contributed by atoms with Crippen molar-refractivity contribution >= 4 is 34.9 Å². The zero-order valence-electron chi connectivity index (χ0n) is 18.0. The summed E-state index contributed by atoms with van der Waals surface area (Å²) in [6.45, 7) is 3.15. The summed E-state index contributed by atoms with van der Waals surface area (Å²) in [6, 6.07) is 22.8. The number of aryl methyl sites for hydroxylation is 1. The average Bonchev–Trinajstić information content (AvgIpc) is 3.15. The predicted octanol–water partition coefficient (Wildman–Crippen LogP) is 5.89. The summed E-state index contributed by atoms with van der Waals surface area (Å²) < 4.78 is 7.70. The van der Waals surface area contributed by atoms with Gasteiger partial charge in [-0.15, -0.1) is 0 Å². The highest BCUT2D eigenvalue weighted by atomic mass is 32.2. The van der Waals surface area contributed by atoms with E-state index in [2.05, 4.69) is 16.4 Å². The number of benzene rings is 3. The Hall–Kier alpha value is -3.55. The van der Waals surface area contributed by atoms with Crippen molar-refractivity contribution in [1.82, 2.24) is 4.31 Å². The first-order chi connectivity index (χ1) is 15.9. The summed E-state index contributed by atoms with van der Waals surface area (Å²) in [6.07, 6.45) is 0.858. The van der Waals surface area contributed by atoms with Crippen LogP contribution in [0.1, 0.15) is 37.6 Å². The van der Waals surface area contributed by atoms with Crippen LogP contribution in [0.5, 0.6) is 0 Å². The molecule has 168 valence electrons. The van der Waals surface area contributed by atoms with E-state index >= 15 is 0 Å². The Labute approximate surface area is 195 Å². The molecule has 0 atom stereocenters. The number of nitrogens with zero attached hydrogens (tertiary/aromatic N) is 1. The average molecular weight is 462 g/mol. The highest BCUT2D eigenvalue weighted by Crippen LogP contribution is 2.32. The van der Waals surface area contributed by atoms with E-state index in [0.717, 1.165) is 28.8 Å². The molecule has 0 aliphatic carbocycles. The van der Waals surface area contributed by atoms with E-state index in [1.165, 1.54) is 5.56 Å². The lowest BCUT2D eigenvalue weighted by Crippen LogP contribution is -2.18. The molecule has 0 spiro atoms. The van der Waals surface area contributed by atoms with E-state index in [4.69, 9.17) is 9.52 Å². The number of carboxylic acid groups (broad SMARTS) is 2. The van der Waals surface area contributed by atoms with E-state index in [1.807, 2.05) is 42.5 Å². The topological polar surface area (TPSA) is 91.0 Å². The molecule has 0 fully saturated rings. The van der Waals surface area contributed by atoms with E-state index in [0.29, 0.717) is 17.7 Å². The number of fused-ring (bicyclic) bond motifs is 1. The van der Waals surface area contributed by atoms with E-state index in [1.54, 1.807) is 37.1 Å². The number of furan rings is 1. The first-order valence-electron chi connectivity index (χ1n) is 10.5. The van der Waals surface area contributed by atoms with Crippen LogP contribution in [0.25, 0.3) is 11.0 Å². The molecule has 0 radical (unpaired) electrons. The number of hydrogen-bond donors (Lipinski definition) is 2. The molecule has 3 aromatic carbocycles. The van der Waals surface area contributed by atoms with Gasteiger partial charge in [-0.05, 0) is 66.8 Å². The molecular formula is C26H23NO5S. The molecule has 0 unspecified atom stereocenters. The minimum atomic E-state index is -1.08. The number of hydrogen-bond acceptors (Lipinski definition) is 5. The van der Waals surface area contributed by atoms with Gasteiger partial charge in [-0.1, -0.05) is 42.5 Å². The van der Waals surface area contributed by atoms with Crippen molar-refractivity contribution in [3.63, 3.8) is 0 Å². The molecule has 2 N–H and O–H groups in total. The summed E-state index contributed by atoms with van der Waals surface area (Å²) in [7, 11) is 0. The lowest BCUT2D eigenvalue weighted by atomic mass is 10.1. The standard InChI is InChI=1S/C26H23NO5S/c1-17-22-15-21(11-12-23(22)32-24(17)26(30)31)33-27(14-13-18-5-3-2-4-6-18)16-19-7-9-20(10-8-19)25(28)29/h2-12,15H,13-14,16H2,1H3,(H,28,29)(H,30,31). The molecule has 0 amide bonds. The molecule has 0 saturated heterocycles. The van der Waals surface area contributed by atoms with Gasteiger partial charge in [0.25, 0.3) is 0 Å². The van der Waals surface area contributed by atoms with Crippen molar-refractivity contribution in [2.45, 2.75) is 24.8 Å². The molecule has 33 heavy (non-hydrogen) atoms. The van der Waals surface area contributed by atoms with Crippen LogP contribution in [-0.4, -0.2) is 33.0 Å². The minimum Gasteiger partial charge on any atom is -0.478 e. The summed E-state index contributed by atoms with van der Waals surface area (Å²) in [4.78, 5) is 23.5. The first-order valence-corrected chi connectivity index (χ1v) is 11.2. The van der Waals surface area contributed by atoms with Gasteiger partial charge >= 0.3 is 11.9 Å². The molecule has 1 aromatic heterocycles. The third kappa shape index (κ3) is 5.45. The predicted molar refractivity (Wildman–Crippen MR) is 128 cm³/mol. The van der Waals surface area contributed by atoms with Crippen LogP contribution in [-0.2, 0) is 13.0 Å². The Kier molecular flexibility index (Phi) is 6.82. The normalized spacial score (nSPS) is 11.2. The van der Waals surface area contributed by atoms with Crippen LogP contribution < -0.4 is 0 Å². The van der Waals surface area contributed by atoms with Gasteiger partial charge in [-0.3, -0.25) is 0 Å². The number of rotatable bonds is 9. The van der Waals surface area contributed by atoms with E-state index < -0.39 is 11.9 Å². The van der Waals surface area contributed by atoms with Gasteiger partial charge in [0.05, 0.1) is 5.56 Å². The SMILES string of the molecule is Cc1c(C(=O)O)oc2ccc(SN(CCc3ccccc3)Cc3ccc(C(=O)O)cc3)cc12. The van der Waals surface area contributed by atoms with Gasteiger partial charge in [0.15, 0.2) is 0 Å².